The predicted octanol–water partition coefficient (Wildman–Crippen LogP) is 4.01. The molecule has 1 atom stereocenters. The van der Waals surface area contributed by atoms with Gasteiger partial charge in [-0.25, -0.2) is 0 Å². The van der Waals surface area contributed by atoms with E-state index in [1.54, 1.807) is 25.1 Å². The van der Waals surface area contributed by atoms with E-state index < -0.39 is 6.10 Å². The first-order valence-electron chi connectivity index (χ1n) is 6.76. The highest BCUT2D eigenvalue weighted by molar-refractivity contribution is 6.37. The molecule has 3 nitrogen and oxygen atoms in total. The van der Waals surface area contributed by atoms with Gasteiger partial charge in [0.25, 0.3) is 0 Å². The second-order valence-electron chi connectivity index (χ2n) is 5.02. The average molecular weight is 317 g/mol. The number of hydrogen-bond acceptors (Lipinski definition) is 3. The highest BCUT2D eigenvalue weighted by Crippen LogP contribution is 2.23. The Hall–Kier alpha value is -0.610. The number of carbonyl (C=O) groups is 1. The molecule has 0 N–H and O–H groups in total. The van der Waals surface area contributed by atoms with Crippen LogP contribution in [0, 0.1) is 5.92 Å². The molecule has 0 aromatic heterocycles. The minimum Gasteiger partial charge on any atom is -0.381 e. The fourth-order valence-corrected chi connectivity index (χ4v) is 2.68. The van der Waals surface area contributed by atoms with E-state index in [9.17, 15) is 4.79 Å². The van der Waals surface area contributed by atoms with Gasteiger partial charge in [-0.15, -0.1) is 0 Å². The third-order valence-corrected chi connectivity index (χ3v) is 4.04. The lowest BCUT2D eigenvalue weighted by molar-refractivity contribution is -0.000209. The minimum atomic E-state index is -0.503. The standard InChI is InChI=1S/C15H18Cl2O3/c1-10(20-9-11-4-6-19-7-5-11)15(18)13-3-2-12(16)8-14(13)17/h2-3,8,10-11H,4-7,9H2,1H3. The van der Waals surface area contributed by atoms with Crippen molar-refractivity contribution in [2.24, 2.45) is 5.92 Å². The van der Waals surface area contributed by atoms with Crippen molar-refractivity contribution in [3.8, 4) is 0 Å². The Labute approximate surface area is 129 Å². The number of ether oxygens (including phenoxy) is 2. The molecule has 1 aliphatic heterocycles. The largest absolute Gasteiger partial charge is 0.381 e. The van der Waals surface area contributed by atoms with Crippen molar-refractivity contribution in [1.82, 2.24) is 0 Å². The van der Waals surface area contributed by atoms with E-state index in [1.165, 1.54) is 0 Å². The molecule has 1 aromatic carbocycles. The first-order valence-corrected chi connectivity index (χ1v) is 7.52. The van der Waals surface area contributed by atoms with E-state index in [-0.39, 0.29) is 5.78 Å². The van der Waals surface area contributed by atoms with Gasteiger partial charge in [-0.3, -0.25) is 4.79 Å². The van der Waals surface area contributed by atoms with Gasteiger partial charge in [0.2, 0.25) is 0 Å². The topological polar surface area (TPSA) is 35.5 Å². The normalized spacial score (nSPS) is 17.9. The lowest BCUT2D eigenvalue weighted by atomic mass is 10.0. The Morgan fingerprint density at radius 2 is 2.10 bits per heavy atom. The number of carbonyl (C=O) groups excluding carboxylic acids is 1. The minimum absolute atomic E-state index is 0.112. The second kappa shape index (κ2) is 7.41. The molecule has 1 aromatic rings. The summed E-state index contributed by atoms with van der Waals surface area (Å²) in [4.78, 5) is 12.3. The summed E-state index contributed by atoms with van der Waals surface area (Å²) in [6.07, 6.45) is 1.47. The van der Waals surface area contributed by atoms with Gasteiger partial charge in [0.1, 0.15) is 6.10 Å². The van der Waals surface area contributed by atoms with Crippen LogP contribution in [-0.4, -0.2) is 31.7 Å². The zero-order valence-electron chi connectivity index (χ0n) is 11.4. The molecule has 1 heterocycles. The van der Waals surface area contributed by atoms with Crippen LogP contribution in [0.5, 0.6) is 0 Å². The Balaban J connectivity index is 1.90. The van der Waals surface area contributed by atoms with Crippen LogP contribution in [0.15, 0.2) is 18.2 Å². The molecule has 110 valence electrons. The molecule has 0 saturated carbocycles. The van der Waals surface area contributed by atoms with Crippen LogP contribution >= 0.6 is 23.2 Å². The molecule has 1 aliphatic rings. The summed E-state index contributed by atoms with van der Waals surface area (Å²) in [5.74, 6) is 0.360. The van der Waals surface area contributed by atoms with Crippen molar-refractivity contribution >= 4 is 29.0 Å². The Morgan fingerprint density at radius 1 is 1.40 bits per heavy atom. The van der Waals surface area contributed by atoms with Crippen molar-refractivity contribution < 1.29 is 14.3 Å². The van der Waals surface area contributed by atoms with Gasteiger partial charge in [-0.05, 0) is 43.9 Å². The molecule has 0 aliphatic carbocycles. The van der Waals surface area contributed by atoms with Gasteiger partial charge in [-0.2, -0.15) is 0 Å². The van der Waals surface area contributed by atoms with Crippen LogP contribution in [-0.2, 0) is 9.47 Å². The van der Waals surface area contributed by atoms with E-state index in [1.807, 2.05) is 0 Å². The number of Topliss-reactive ketones (excluding diaryl/α,β-unsaturated/α-hetero) is 1. The van der Waals surface area contributed by atoms with E-state index in [2.05, 4.69) is 0 Å². The Kier molecular flexibility index (Phi) is 5.85. The Morgan fingerprint density at radius 3 is 2.75 bits per heavy atom. The van der Waals surface area contributed by atoms with Crippen LogP contribution < -0.4 is 0 Å². The van der Waals surface area contributed by atoms with Gasteiger partial charge in [0, 0.05) is 23.8 Å². The molecule has 0 spiro atoms. The van der Waals surface area contributed by atoms with E-state index in [0.29, 0.717) is 28.1 Å². The molecule has 5 heteroatoms. The lowest BCUT2D eigenvalue weighted by Crippen LogP contribution is -2.27. The summed E-state index contributed by atoms with van der Waals surface area (Å²) in [5.41, 5.74) is 0.454. The van der Waals surface area contributed by atoms with Crippen LogP contribution in [0.2, 0.25) is 10.0 Å². The third kappa shape index (κ3) is 4.19. The second-order valence-corrected chi connectivity index (χ2v) is 5.86. The van der Waals surface area contributed by atoms with Gasteiger partial charge >= 0.3 is 0 Å². The molecular formula is C15H18Cl2O3. The van der Waals surface area contributed by atoms with Gasteiger partial charge in [0.15, 0.2) is 5.78 Å². The van der Waals surface area contributed by atoms with Crippen LogP contribution in [0.25, 0.3) is 0 Å². The van der Waals surface area contributed by atoms with Crippen molar-refractivity contribution in [2.45, 2.75) is 25.9 Å². The summed E-state index contributed by atoms with van der Waals surface area (Å²) in [7, 11) is 0. The highest BCUT2D eigenvalue weighted by atomic mass is 35.5. The fourth-order valence-electron chi connectivity index (χ4n) is 2.18. The van der Waals surface area contributed by atoms with Crippen molar-refractivity contribution in [2.75, 3.05) is 19.8 Å². The molecule has 20 heavy (non-hydrogen) atoms. The maximum atomic E-state index is 12.3. The van der Waals surface area contributed by atoms with Crippen LogP contribution in [0.3, 0.4) is 0 Å². The van der Waals surface area contributed by atoms with E-state index in [4.69, 9.17) is 32.7 Å². The molecule has 0 amide bonds. The van der Waals surface area contributed by atoms with Crippen molar-refractivity contribution in [1.29, 1.82) is 0 Å². The number of ketones is 1. The third-order valence-electron chi connectivity index (χ3n) is 3.49. The molecule has 0 radical (unpaired) electrons. The first kappa shape index (κ1) is 15.8. The van der Waals surface area contributed by atoms with Crippen molar-refractivity contribution in [3.63, 3.8) is 0 Å². The molecule has 0 bridgehead atoms. The molecular weight excluding hydrogens is 299 g/mol. The zero-order chi connectivity index (χ0) is 14.5. The number of benzene rings is 1. The lowest BCUT2D eigenvalue weighted by Gasteiger charge is -2.23. The number of hydrogen-bond donors (Lipinski definition) is 0. The predicted molar refractivity (Wildman–Crippen MR) is 79.7 cm³/mol. The quantitative estimate of drug-likeness (QED) is 0.770. The van der Waals surface area contributed by atoms with E-state index in [0.717, 1.165) is 26.1 Å². The van der Waals surface area contributed by atoms with Crippen LogP contribution in [0.4, 0.5) is 0 Å². The maximum absolute atomic E-state index is 12.3. The van der Waals surface area contributed by atoms with Crippen molar-refractivity contribution in [3.05, 3.63) is 33.8 Å². The maximum Gasteiger partial charge on any atom is 0.192 e. The monoisotopic (exact) mass is 316 g/mol. The summed E-state index contributed by atoms with van der Waals surface area (Å²) < 4.78 is 11.0. The highest BCUT2D eigenvalue weighted by Gasteiger charge is 2.21. The zero-order valence-corrected chi connectivity index (χ0v) is 12.9. The summed E-state index contributed by atoms with van der Waals surface area (Å²) in [6, 6.07) is 4.87. The van der Waals surface area contributed by atoms with Gasteiger partial charge < -0.3 is 9.47 Å². The molecule has 1 unspecified atom stereocenters. The summed E-state index contributed by atoms with van der Waals surface area (Å²) in [5, 5.41) is 0.881. The fraction of sp³-hybridized carbons (Fsp3) is 0.533. The summed E-state index contributed by atoms with van der Waals surface area (Å²) in [6.45, 7) is 3.90. The van der Waals surface area contributed by atoms with Crippen LogP contribution in [0.1, 0.15) is 30.1 Å². The van der Waals surface area contributed by atoms with Gasteiger partial charge in [-0.1, -0.05) is 23.2 Å². The van der Waals surface area contributed by atoms with E-state index >= 15 is 0 Å². The molecule has 1 fully saturated rings. The molecule has 2 rings (SSSR count). The first-order chi connectivity index (χ1) is 9.58. The Bertz CT molecular complexity index is 470. The number of rotatable bonds is 5. The SMILES string of the molecule is CC(OCC1CCOCC1)C(=O)c1ccc(Cl)cc1Cl. The number of halogens is 2. The van der Waals surface area contributed by atoms with Gasteiger partial charge in [0.05, 0.1) is 11.6 Å². The summed E-state index contributed by atoms with van der Waals surface area (Å²) >= 11 is 11.9. The average Bonchev–Trinajstić information content (AvgIpc) is 2.45. The molecule has 1 saturated heterocycles. The smallest absolute Gasteiger partial charge is 0.192 e.